The number of aromatic nitrogens is 3. The highest BCUT2D eigenvalue weighted by atomic mass is 19.1. The Morgan fingerprint density at radius 1 is 0.923 bits per heavy atom. The number of benzene rings is 3. The van der Waals surface area contributed by atoms with Crippen LogP contribution in [-0.4, -0.2) is 93.1 Å². The molecule has 0 radical (unpaired) electrons. The molecule has 5 heterocycles. The quantitative estimate of drug-likeness (QED) is 0.156. The van der Waals surface area contributed by atoms with Gasteiger partial charge in [-0.15, -0.1) is 0 Å². The Labute approximate surface area is 294 Å². The highest BCUT2D eigenvalue weighted by Crippen LogP contribution is 2.33. The van der Waals surface area contributed by atoms with Gasteiger partial charge in [-0.25, -0.2) is 9.37 Å². The van der Waals surface area contributed by atoms with Crippen molar-refractivity contribution in [2.45, 2.75) is 25.3 Å². The van der Waals surface area contributed by atoms with Gasteiger partial charge in [-0.2, -0.15) is 0 Å². The molecule has 2 aromatic heterocycles. The first-order valence-corrected chi connectivity index (χ1v) is 16.8. The summed E-state index contributed by atoms with van der Waals surface area (Å²) in [6.07, 6.45) is 0.196. The molecule has 5 amide bonds. The van der Waals surface area contributed by atoms with Crippen LogP contribution in [0.1, 0.15) is 40.0 Å². The van der Waals surface area contributed by atoms with Crippen molar-refractivity contribution in [2.75, 3.05) is 48.7 Å². The Bertz CT molecular complexity index is 2410. The lowest BCUT2D eigenvalue weighted by Crippen LogP contribution is -2.54. The van der Waals surface area contributed by atoms with Crippen molar-refractivity contribution in [3.63, 3.8) is 0 Å². The van der Waals surface area contributed by atoms with Gasteiger partial charge in [0.1, 0.15) is 23.2 Å². The number of carbonyl (C=O) groups is 5. The van der Waals surface area contributed by atoms with Crippen LogP contribution in [0.15, 0.2) is 59.4 Å². The third-order valence-electron chi connectivity index (χ3n) is 9.86. The van der Waals surface area contributed by atoms with Crippen LogP contribution in [0.4, 0.5) is 21.5 Å². The monoisotopic (exact) mass is 705 g/mol. The third-order valence-corrected chi connectivity index (χ3v) is 9.86. The van der Waals surface area contributed by atoms with E-state index in [0.717, 1.165) is 10.6 Å². The SMILES string of the molecule is Nc1c(-c2nc3ccc(N4CCN(CCC(=O)Nc5cccc6c5C(=O)N(C5CCC(=O)NC5=O)C6=O)CC4)cc3[nH]2)c(=O)[nH]c2cccc(F)c12. The summed E-state index contributed by atoms with van der Waals surface area (Å²) < 4.78 is 14.6. The molecule has 1 atom stereocenters. The number of hydrogen-bond donors (Lipinski definition) is 5. The zero-order chi connectivity index (χ0) is 36.3. The number of anilines is 3. The number of H-pyrrole nitrogens is 2. The van der Waals surface area contributed by atoms with Gasteiger partial charge in [-0.05, 0) is 48.9 Å². The molecule has 16 heteroatoms. The third kappa shape index (κ3) is 5.62. The number of amides is 5. The summed E-state index contributed by atoms with van der Waals surface area (Å²) in [6.45, 7) is 3.20. The van der Waals surface area contributed by atoms with Gasteiger partial charge in [0.05, 0.1) is 44.4 Å². The number of piperazine rings is 1. The number of carbonyl (C=O) groups excluding carboxylic acids is 5. The van der Waals surface area contributed by atoms with E-state index >= 15 is 0 Å². The fraction of sp³-hybridized carbons (Fsp3) is 0.250. The van der Waals surface area contributed by atoms with E-state index in [0.29, 0.717) is 49.3 Å². The number of nitrogens with one attached hydrogen (secondary N) is 4. The molecule has 52 heavy (non-hydrogen) atoms. The Balaban J connectivity index is 0.890. The lowest BCUT2D eigenvalue weighted by molar-refractivity contribution is -0.136. The normalized spacial score (nSPS) is 18.0. The van der Waals surface area contributed by atoms with Crippen molar-refractivity contribution < 1.29 is 28.4 Å². The van der Waals surface area contributed by atoms with Gasteiger partial charge in [0.25, 0.3) is 17.4 Å². The summed E-state index contributed by atoms with van der Waals surface area (Å²) in [5.74, 6) is -3.12. The molecular weight excluding hydrogens is 673 g/mol. The van der Waals surface area contributed by atoms with Crippen LogP contribution in [0.3, 0.4) is 0 Å². The van der Waals surface area contributed by atoms with E-state index in [1.165, 1.54) is 18.2 Å². The van der Waals surface area contributed by atoms with Crippen LogP contribution < -0.4 is 26.8 Å². The summed E-state index contributed by atoms with van der Waals surface area (Å²) in [5.41, 5.74) is 8.74. The standard InChI is InChI=1S/C36H32FN9O6/c37-20-4-2-6-23-29(20)31(38)30(34(50)42-23)32-40-21-8-7-18(17-24(21)41-32)45-15-13-44(14-16-45)12-11-27(48)39-22-5-1-3-19-28(22)36(52)46(35(19)51)25-9-10-26(47)43-33(25)49/h1-8,17,25H,9-16H2,(H,39,48)(H,40,41)(H3,38,42,50)(H,43,47,49). The molecule has 5 aromatic rings. The van der Waals surface area contributed by atoms with E-state index in [-0.39, 0.29) is 64.4 Å². The van der Waals surface area contributed by atoms with Gasteiger partial charge in [0.2, 0.25) is 17.7 Å². The number of rotatable bonds is 7. The summed E-state index contributed by atoms with van der Waals surface area (Å²) in [6, 6.07) is 13.6. The number of pyridine rings is 1. The zero-order valence-electron chi connectivity index (χ0n) is 27.6. The van der Waals surface area contributed by atoms with Gasteiger partial charge in [0.15, 0.2) is 0 Å². The maximum Gasteiger partial charge on any atom is 0.264 e. The average Bonchev–Trinajstić information content (AvgIpc) is 3.65. The number of nitrogen functional groups attached to an aromatic ring is 1. The van der Waals surface area contributed by atoms with Crippen molar-refractivity contribution in [3.05, 3.63) is 81.9 Å². The van der Waals surface area contributed by atoms with Crippen molar-refractivity contribution in [3.8, 4) is 11.4 Å². The smallest absolute Gasteiger partial charge is 0.264 e. The molecule has 3 aliphatic heterocycles. The van der Waals surface area contributed by atoms with E-state index in [1.54, 1.807) is 18.2 Å². The lowest BCUT2D eigenvalue weighted by atomic mass is 10.0. The Hall–Kier alpha value is -6.42. The first kappa shape index (κ1) is 32.8. The maximum absolute atomic E-state index is 14.6. The van der Waals surface area contributed by atoms with E-state index < -0.39 is 41.0 Å². The van der Waals surface area contributed by atoms with Crippen LogP contribution in [0, 0.1) is 5.82 Å². The molecule has 8 rings (SSSR count). The largest absolute Gasteiger partial charge is 0.397 e. The van der Waals surface area contributed by atoms with Gasteiger partial charge < -0.3 is 25.9 Å². The van der Waals surface area contributed by atoms with Crippen LogP contribution in [-0.2, 0) is 14.4 Å². The molecule has 0 spiro atoms. The van der Waals surface area contributed by atoms with Gasteiger partial charge in [0, 0.05) is 51.3 Å². The second kappa shape index (κ2) is 12.7. The molecule has 3 aliphatic rings. The van der Waals surface area contributed by atoms with Crippen molar-refractivity contribution >= 4 is 68.5 Å². The van der Waals surface area contributed by atoms with Crippen LogP contribution >= 0.6 is 0 Å². The molecule has 2 saturated heterocycles. The second-order valence-electron chi connectivity index (χ2n) is 13.0. The molecule has 0 bridgehead atoms. The summed E-state index contributed by atoms with van der Waals surface area (Å²) in [7, 11) is 0. The zero-order valence-corrected chi connectivity index (χ0v) is 27.6. The van der Waals surface area contributed by atoms with Crippen molar-refractivity contribution in [1.82, 2.24) is 30.1 Å². The number of nitrogens with two attached hydrogens (primary N) is 1. The minimum atomic E-state index is -1.10. The Morgan fingerprint density at radius 3 is 2.50 bits per heavy atom. The summed E-state index contributed by atoms with van der Waals surface area (Å²) in [5, 5.41) is 5.07. The highest BCUT2D eigenvalue weighted by Gasteiger charge is 2.45. The maximum atomic E-state index is 14.6. The van der Waals surface area contributed by atoms with Crippen LogP contribution in [0.5, 0.6) is 0 Å². The number of imidazole rings is 1. The number of piperidine rings is 1. The number of hydrogen-bond acceptors (Lipinski definition) is 10. The fourth-order valence-electron chi connectivity index (χ4n) is 7.20. The Kier molecular flexibility index (Phi) is 8.02. The van der Waals surface area contributed by atoms with Gasteiger partial charge in [-0.1, -0.05) is 12.1 Å². The number of aromatic amines is 2. The van der Waals surface area contributed by atoms with E-state index in [1.807, 2.05) is 18.2 Å². The number of fused-ring (bicyclic) bond motifs is 3. The van der Waals surface area contributed by atoms with Crippen LogP contribution in [0.2, 0.25) is 0 Å². The minimum absolute atomic E-state index is 0.00799. The highest BCUT2D eigenvalue weighted by molar-refractivity contribution is 6.26. The predicted molar refractivity (Wildman–Crippen MR) is 189 cm³/mol. The molecule has 0 aliphatic carbocycles. The van der Waals surface area contributed by atoms with E-state index in [2.05, 4.69) is 35.4 Å². The fourth-order valence-corrected chi connectivity index (χ4v) is 7.20. The van der Waals surface area contributed by atoms with Gasteiger partial charge >= 0.3 is 0 Å². The molecule has 3 aromatic carbocycles. The molecule has 15 nitrogen and oxygen atoms in total. The number of imide groups is 2. The molecule has 1 unspecified atom stereocenters. The van der Waals surface area contributed by atoms with Crippen LogP contribution in [0.25, 0.3) is 33.3 Å². The molecule has 2 fully saturated rings. The van der Waals surface area contributed by atoms with E-state index in [9.17, 15) is 33.2 Å². The number of nitrogens with zero attached hydrogens (tertiary/aromatic N) is 4. The summed E-state index contributed by atoms with van der Waals surface area (Å²) >= 11 is 0. The first-order valence-electron chi connectivity index (χ1n) is 16.8. The second-order valence-corrected chi connectivity index (χ2v) is 13.0. The summed E-state index contributed by atoms with van der Waals surface area (Å²) in [4.78, 5) is 92.1. The molecule has 0 saturated carbocycles. The van der Waals surface area contributed by atoms with Crippen molar-refractivity contribution in [1.29, 1.82) is 0 Å². The number of halogens is 1. The first-order chi connectivity index (χ1) is 25.1. The topological polar surface area (TPSA) is 207 Å². The van der Waals surface area contributed by atoms with E-state index in [4.69, 9.17) is 5.73 Å². The predicted octanol–water partition coefficient (Wildman–Crippen LogP) is 2.34. The average molecular weight is 706 g/mol. The van der Waals surface area contributed by atoms with Crippen molar-refractivity contribution in [2.24, 2.45) is 0 Å². The molecular formula is C36H32FN9O6. The van der Waals surface area contributed by atoms with Gasteiger partial charge in [-0.3, -0.25) is 43.9 Å². The molecule has 264 valence electrons. The molecule has 6 N–H and O–H groups in total. The Morgan fingerprint density at radius 2 is 1.71 bits per heavy atom. The minimum Gasteiger partial charge on any atom is -0.397 e. The lowest BCUT2D eigenvalue weighted by Gasteiger charge is -2.36.